The Morgan fingerprint density at radius 3 is 2.33 bits per heavy atom. The summed E-state index contributed by atoms with van der Waals surface area (Å²) < 4.78 is 11.0. The van der Waals surface area contributed by atoms with Crippen LogP contribution in [-0.4, -0.2) is 28.8 Å². The smallest absolute Gasteiger partial charge is 0.296 e. The van der Waals surface area contributed by atoms with Gasteiger partial charge < -0.3 is 19.2 Å². The number of Topliss-reactive ketones (excluding diaryl/α,β-unsaturated/α-hetero) is 1. The topological polar surface area (TPSA) is 80.0 Å². The van der Waals surface area contributed by atoms with E-state index in [4.69, 9.17) is 9.15 Å². The molecule has 0 aliphatic carbocycles. The molecule has 1 aliphatic rings. The summed E-state index contributed by atoms with van der Waals surface area (Å²) >= 11 is 0. The number of methoxy groups -OCH3 is 1. The van der Waals surface area contributed by atoms with Crippen LogP contribution in [0.5, 0.6) is 5.75 Å². The van der Waals surface area contributed by atoms with Crippen molar-refractivity contribution in [3.8, 4) is 5.75 Å². The average Bonchev–Trinajstić information content (AvgIpc) is 3.45. The van der Waals surface area contributed by atoms with Gasteiger partial charge in [-0.25, -0.2) is 0 Å². The van der Waals surface area contributed by atoms with Crippen molar-refractivity contribution in [1.82, 2.24) is 4.90 Å². The van der Waals surface area contributed by atoms with Gasteiger partial charge in [-0.05, 0) is 52.3 Å². The lowest BCUT2D eigenvalue weighted by atomic mass is 9.85. The Morgan fingerprint density at radius 2 is 1.78 bits per heavy atom. The first kappa shape index (κ1) is 25.3. The highest BCUT2D eigenvalue weighted by molar-refractivity contribution is 6.46. The molecule has 1 fully saturated rings. The number of amides is 1. The van der Waals surface area contributed by atoms with E-state index >= 15 is 0 Å². The molecule has 1 atom stereocenters. The van der Waals surface area contributed by atoms with E-state index in [-0.39, 0.29) is 23.3 Å². The lowest BCUT2D eigenvalue weighted by Crippen LogP contribution is -2.29. The molecule has 1 aliphatic heterocycles. The molecule has 1 amide bonds. The van der Waals surface area contributed by atoms with Gasteiger partial charge in [-0.15, -0.1) is 0 Å². The fraction of sp³-hybridized carbons (Fsp3) is 0.333. The largest absolute Gasteiger partial charge is 0.507 e. The summed E-state index contributed by atoms with van der Waals surface area (Å²) in [5.74, 6) is -0.370. The number of nitrogens with zero attached hydrogens (tertiary/aromatic N) is 1. The van der Waals surface area contributed by atoms with E-state index in [1.54, 1.807) is 18.2 Å². The predicted molar refractivity (Wildman–Crippen MR) is 139 cm³/mol. The molecule has 0 saturated carbocycles. The molecule has 36 heavy (non-hydrogen) atoms. The first-order chi connectivity index (χ1) is 17.0. The van der Waals surface area contributed by atoms with Crippen LogP contribution < -0.4 is 4.74 Å². The Morgan fingerprint density at radius 1 is 1.08 bits per heavy atom. The second-order valence-corrected chi connectivity index (χ2v) is 10.5. The van der Waals surface area contributed by atoms with Gasteiger partial charge in [-0.3, -0.25) is 9.59 Å². The number of hydrogen-bond donors (Lipinski definition) is 1. The Balaban J connectivity index is 1.92. The first-order valence-electron chi connectivity index (χ1n) is 12.1. The van der Waals surface area contributed by atoms with Gasteiger partial charge in [0.15, 0.2) is 0 Å². The van der Waals surface area contributed by atoms with Crippen molar-refractivity contribution < 1.29 is 23.8 Å². The van der Waals surface area contributed by atoms with Gasteiger partial charge in [-0.2, -0.15) is 0 Å². The summed E-state index contributed by atoms with van der Waals surface area (Å²) in [5, 5.41) is 11.6. The molecule has 4 rings (SSSR count). The number of furan rings is 1. The van der Waals surface area contributed by atoms with E-state index in [2.05, 4.69) is 34.6 Å². The SMILES string of the molecule is COc1ccc(C(C)(C)C)cc1/C(O)=C1\C(=O)C(=O)N(Cc2ccco2)C1c1ccc(C(C)C)cc1. The third-order valence-corrected chi connectivity index (χ3v) is 6.69. The summed E-state index contributed by atoms with van der Waals surface area (Å²) in [6, 6.07) is 16.1. The lowest BCUT2D eigenvalue weighted by molar-refractivity contribution is -0.140. The van der Waals surface area contributed by atoms with E-state index in [1.807, 2.05) is 36.4 Å². The molecule has 0 bridgehead atoms. The minimum Gasteiger partial charge on any atom is -0.507 e. The van der Waals surface area contributed by atoms with Gasteiger partial charge in [0, 0.05) is 0 Å². The number of rotatable bonds is 6. The maximum absolute atomic E-state index is 13.4. The number of carbonyl (C=O) groups is 2. The van der Waals surface area contributed by atoms with Crippen molar-refractivity contribution >= 4 is 17.4 Å². The quantitative estimate of drug-likeness (QED) is 0.250. The molecular formula is C30H33NO5. The fourth-order valence-corrected chi connectivity index (χ4v) is 4.53. The number of aliphatic hydroxyl groups is 1. The number of ketones is 1. The van der Waals surface area contributed by atoms with Crippen molar-refractivity contribution in [2.24, 2.45) is 0 Å². The average molecular weight is 488 g/mol. The third-order valence-electron chi connectivity index (χ3n) is 6.69. The van der Waals surface area contributed by atoms with Crippen LogP contribution >= 0.6 is 0 Å². The minimum absolute atomic E-state index is 0.0354. The van der Waals surface area contributed by atoms with Crippen molar-refractivity contribution in [1.29, 1.82) is 0 Å². The van der Waals surface area contributed by atoms with Crippen molar-refractivity contribution in [2.45, 2.75) is 58.5 Å². The standard InChI is InChI=1S/C30H33NO5/c1-18(2)19-9-11-20(12-10-19)26-25(28(33)29(34)31(26)17-22-8-7-15-36-22)27(32)23-16-21(30(3,4)5)13-14-24(23)35-6/h7-16,18,26,32H,17H2,1-6H3/b27-25+. The van der Waals surface area contributed by atoms with Crippen LogP contribution in [0.25, 0.3) is 5.76 Å². The van der Waals surface area contributed by atoms with Gasteiger partial charge in [-0.1, -0.05) is 65.0 Å². The Bertz CT molecular complexity index is 1290. The van der Waals surface area contributed by atoms with Gasteiger partial charge in [0.05, 0.1) is 37.1 Å². The number of carbonyl (C=O) groups excluding carboxylic acids is 2. The van der Waals surface area contributed by atoms with E-state index in [1.165, 1.54) is 18.3 Å². The molecule has 1 N–H and O–H groups in total. The van der Waals surface area contributed by atoms with Crippen molar-refractivity contribution in [3.05, 3.63) is 94.4 Å². The molecule has 188 valence electrons. The summed E-state index contributed by atoms with van der Waals surface area (Å²) in [7, 11) is 1.51. The number of aliphatic hydroxyl groups excluding tert-OH is 1. The molecule has 1 unspecified atom stereocenters. The van der Waals surface area contributed by atoms with Crippen LogP contribution in [0.3, 0.4) is 0 Å². The third kappa shape index (κ3) is 4.68. The van der Waals surface area contributed by atoms with Gasteiger partial charge in [0.25, 0.3) is 11.7 Å². The summed E-state index contributed by atoms with van der Waals surface area (Å²) in [6.45, 7) is 10.5. The zero-order chi connectivity index (χ0) is 26.2. The molecular weight excluding hydrogens is 454 g/mol. The number of likely N-dealkylation sites (tertiary alicyclic amines) is 1. The van der Waals surface area contributed by atoms with Crippen LogP contribution in [0.4, 0.5) is 0 Å². The van der Waals surface area contributed by atoms with Gasteiger partial charge >= 0.3 is 0 Å². The molecule has 2 heterocycles. The van der Waals surface area contributed by atoms with Crippen molar-refractivity contribution in [3.63, 3.8) is 0 Å². The lowest BCUT2D eigenvalue weighted by Gasteiger charge is -2.25. The molecule has 0 radical (unpaired) electrons. The fourth-order valence-electron chi connectivity index (χ4n) is 4.53. The zero-order valence-corrected chi connectivity index (χ0v) is 21.7. The summed E-state index contributed by atoms with van der Waals surface area (Å²) in [6.07, 6.45) is 1.53. The maximum Gasteiger partial charge on any atom is 0.296 e. The molecule has 1 aromatic heterocycles. The Labute approximate surface area is 212 Å². The Hall–Kier alpha value is -3.80. The van der Waals surface area contributed by atoms with E-state index in [9.17, 15) is 14.7 Å². The van der Waals surface area contributed by atoms with E-state index in [0.717, 1.165) is 16.7 Å². The summed E-state index contributed by atoms with van der Waals surface area (Å²) in [5.41, 5.74) is 3.06. The highest BCUT2D eigenvalue weighted by atomic mass is 16.5. The molecule has 6 nitrogen and oxygen atoms in total. The Kier molecular flexibility index (Phi) is 6.81. The molecule has 6 heteroatoms. The number of benzene rings is 2. The van der Waals surface area contributed by atoms with Crippen LogP contribution in [0, 0.1) is 0 Å². The second-order valence-electron chi connectivity index (χ2n) is 10.5. The number of hydrogen-bond acceptors (Lipinski definition) is 5. The molecule has 1 saturated heterocycles. The normalized spacial score (nSPS) is 17.8. The minimum atomic E-state index is -0.778. The van der Waals surface area contributed by atoms with Gasteiger partial charge in [0.2, 0.25) is 0 Å². The highest BCUT2D eigenvalue weighted by Gasteiger charge is 2.46. The predicted octanol–water partition coefficient (Wildman–Crippen LogP) is 6.33. The van der Waals surface area contributed by atoms with Crippen LogP contribution in [0.15, 0.2) is 70.9 Å². The van der Waals surface area contributed by atoms with Crippen LogP contribution in [0.1, 0.15) is 74.6 Å². The maximum atomic E-state index is 13.4. The molecule has 2 aromatic carbocycles. The van der Waals surface area contributed by atoms with Crippen molar-refractivity contribution in [2.75, 3.05) is 7.11 Å². The monoisotopic (exact) mass is 487 g/mol. The van der Waals surface area contributed by atoms with E-state index < -0.39 is 17.7 Å². The molecule has 0 spiro atoms. The van der Waals surface area contributed by atoms with Crippen LogP contribution in [-0.2, 0) is 21.5 Å². The molecule has 3 aromatic rings. The first-order valence-corrected chi connectivity index (χ1v) is 12.1. The second kappa shape index (κ2) is 9.69. The van der Waals surface area contributed by atoms with Gasteiger partial charge in [0.1, 0.15) is 17.3 Å². The van der Waals surface area contributed by atoms with E-state index in [0.29, 0.717) is 23.0 Å². The number of ether oxygens (including phenoxy) is 1. The summed E-state index contributed by atoms with van der Waals surface area (Å²) in [4.78, 5) is 28.1. The van der Waals surface area contributed by atoms with Crippen LogP contribution in [0.2, 0.25) is 0 Å². The zero-order valence-electron chi connectivity index (χ0n) is 21.7. The highest BCUT2D eigenvalue weighted by Crippen LogP contribution is 2.42.